The van der Waals surface area contributed by atoms with Crippen molar-refractivity contribution in [1.82, 2.24) is 0 Å². The number of benzene rings is 1. The topological polar surface area (TPSA) is 23.8 Å². The molecule has 0 atom stereocenters. The van der Waals surface area contributed by atoms with E-state index in [0.29, 0.717) is 5.69 Å². The van der Waals surface area contributed by atoms with Crippen LogP contribution >= 0.6 is 0 Å². The van der Waals surface area contributed by atoms with Crippen LogP contribution in [-0.4, -0.2) is 9.52 Å². The predicted molar refractivity (Wildman–Crippen MR) is 78.8 cm³/mol. The Bertz CT molecular complexity index is 362. The summed E-state index contributed by atoms with van der Waals surface area (Å²) in [7, 11) is 1.08. The van der Waals surface area contributed by atoms with Crippen LogP contribution in [0.3, 0.4) is 0 Å². The van der Waals surface area contributed by atoms with Crippen molar-refractivity contribution >= 4 is 15.2 Å². The van der Waals surface area contributed by atoms with Crippen molar-refractivity contribution in [1.29, 1.82) is 0 Å². The smallest absolute Gasteiger partial charge is 1.00 e. The van der Waals surface area contributed by atoms with Crippen LogP contribution in [0.15, 0.2) is 42.0 Å². The molecule has 2 radical (unpaired) electrons. The van der Waals surface area contributed by atoms with Crippen LogP contribution in [0.2, 0.25) is 13.1 Å². The van der Waals surface area contributed by atoms with Gasteiger partial charge in [0.05, 0.1) is 0 Å². The number of halogens is 2. The zero-order valence-corrected chi connectivity index (χ0v) is 18.5. The number of hydrogen-bond donors (Lipinski definition) is 0. The summed E-state index contributed by atoms with van der Waals surface area (Å²) in [6, 6.07) is 7.47. The second-order valence-corrected chi connectivity index (χ2v) is 4.87. The zero-order valence-electron chi connectivity index (χ0n) is 12.4. The van der Waals surface area contributed by atoms with Crippen LogP contribution in [-0.2, 0) is 25.8 Å². The van der Waals surface area contributed by atoms with Crippen molar-refractivity contribution in [2.24, 2.45) is 0 Å². The fourth-order valence-electron chi connectivity index (χ4n) is 1.14. The molecule has 2 rings (SSSR count). The largest absolute Gasteiger partial charge is 4.00 e. The van der Waals surface area contributed by atoms with Gasteiger partial charge < -0.3 is 30.5 Å². The van der Waals surface area contributed by atoms with Gasteiger partial charge in [-0.15, -0.1) is 19.0 Å². The molecule has 0 aromatic heterocycles. The number of allylic oxidation sites excluding steroid dienone is 4. The Kier molecular flexibility index (Phi) is 27.2. The minimum absolute atomic E-state index is 0. The van der Waals surface area contributed by atoms with Crippen molar-refractivity contribution < 1.29 is 50.7 Å². The van der Waals surface area contributed by atoms with Crippen LogP contribution in [0.4, 0.5) is 5.69 Å². The van der Waals surface area contributed by atoms with E-state index in [1.54, 1.807) is 6.07 Å². The molecule has 0 amide bonds. The van der Waals surface area contributed by atoms with Gasteiger partial charge in [-0.25, -0.2) is 11.6 Å². The maximum atomic E-state index is 7.14. The summed E-state index contributed by atoms with van der Waals surface area (Å²) in [5.74, 6) is 0. The molecule has 0 fully saturated rings. The Morgan fingerprint density at radius 1 is 1.15 bits per heavy atom. The van der Waals surface area contributed by atoms with Gasteiger partial charge >= 0.3 is 25.8 Å². The third kappa shape index (κ3) is 18.2. The van der Waals surface area contributed by atoms with Crippen LogP contribution in [0.5, 0.6) is 0 Å². The van der Waals surface area contributed by atoms with Crippen molar-refractivity contribution in [3.8, 4) is 0 Å². The van der Waals surface area contributed by atoms with Gasteiger partial charge in [0.15, 0.2) is 0 Å². The quantitative estimate of drug-likeness (QED) is 0.334. The Hall–Kier alpha value is 0.167. The third-order valence-corrected chi connectivity index (χ3v) is 1.89. The molecular formula is C15H21Cl2HfNSi. The summed E-state index contributed by atoms with van der Waals surface area (Å²) >= 11 is 0. The van der Waals surface area contributed by atoms with Crippen molar-refractivity contribution in [2.45, 2.75) is 33.4 Å². The second-order valence-electron chi connectivity index (χ2n) is 3.87. The Labute approximate surface area is 157 Å². The van der Waals surface area contributed by atoms with Gasteiger partial charge in [-0.05, 0) is 6.92 Å². The predicted octanol–water partition coefficient (Wildman–Crippen LogP) is -0.833. The van der Waals surface area contributed by atoms with Crippen LogP contribution in [0, 0.1) is 13.0 Å². The molecule has 1 N–H and O–H groups in total. The summed E-state index contributed by atoms with van der Waals surface area (Å²) in [4.78, 5) is 0. The van der Waals surface area contributed by atoms with Gasteiger partial charge in [0.1, 0.15) is 0 Å². The molecule has 0 bridgehead atoms. The maximum Gasteiger partial charge on any atom is 4.00 e. The fourth-order valence-corrected chi connectivity index (χ4v) is 1.14. The number of hydrogen-bond acceptors (Lipinski definition) is 0. The van der Waals surface area contributed by atoms with E-state index >= 15 is 0 Å². The summed E-state index contributed by atoms with van der Waals surface area (Å²) in [6.45, 7) is 8.37. The molecule has 1 aliphatic rings. The van der Waals surface area contributed by atoms with E-state index in [1.165, 1.54) is 5.57 Å². The minimum atomic E-state index is 0. The van der Waals surface area contributed by atoms with E-state index < -0.39 is 0 Å². The second kappa shape index (κ2) is 19.2. The first-order chi connectivity index (χ1) is 8.10. The maximum absolute atomic E-state index is 7.14. The summed E-state index contributed by atoms with van der Waals surface area (Å²) in [6.07, 6.45) is 8.24. The standard InChI is InChI=1S/C7H8N.C6H7.C2H6Si.2ClH.Hf/c1-6-3-2-4-7(8)5-6;1-6-4-2-3-5-6;1-3-2;;;/h2-5,8H,1H3;4-5H,2H2,1H3;1-2H3;2*1H;/q2*-1;;;;+4/p-2. The van der Waals surface area contributed by atoms with Crippen LogP contribution < -0.4 is 24.8 Å². The molecule has 0 spiro atoms. The van der Waals surface area contributed by atoms with Gasteiger partial charge in [0.2, 0.25) is 0 Å². The zero-order chi connectivity index (χ0) is 13.1. The summed E-state index contributed by atoms with van der Waals surface area (Å²) in [5, 5.41) is 0. The van der Waals surface area contributed by atoms with Crippen LogP contribution in [0.1, 0.15) is 18.9 Å². The van der Waals surface area contributed by atoms with Crippen molar-refractivity contribution in [3.63, 3.8) is 0 Å². The van der Waals surface area contributed by atoms with Crippen molar-refractivity contribution in [3.05, 3.63) is 59.4 Å². The molecule has 0 heterocycles. The molecule has 0 unspecified atom stereocenters. The number of nitrogens with one attached hydrogen (secondary N) is 1. The van der Waals surface area contributed by atoms with Gasteiger partial charge in [-0.3, -0.25) is 6.08 Å². The molecule has 1 aliphatic carbocycles. The van der Waals surface area contributed by atoms with Gasteiger partial charge in [-0.2, -0.15) is 6.08 Å². The van der Waals surface area contributed by atoms with E-state index in [0.717, 1.165) is 21.5 Å². The molecule has 0 aliphatic heterocycles. The molecule has 1 aromatic carbocycles. The van der Waals surface area contributed by atoms with Gasteiger partial charge in [-0.1, -0.05) is 42.9 Å². The van der Waals surface area contributed by atoms with Crippen LogP contribution in [0.25, 0.3) is 5.73 Å². The Balaban J connectivity index is -0.0000000970. The first-order valence-corrected chi connectivity index (χ1v) is 7.70. The minimum Gasteiger partial charge on any atom is -1.00 e. The Morgan fingerprint density at radius 3 is 1.90 bits per heavy atom. The molecular weight excluding hydrogens is 472 g/mol. The summed E-state index contributed by atoms with van der Waals surface area (Å²) < 4.78 is 0. The Morgan fingerprint density at radius 2 is 1.70 bits per heavy atom. The normalized spacial score (nSPS) is 10.1. The van der Waals surface area contributed by atoms with E-state index in [1.807, 2.05) is 31.2 Å². The molecule has 108 valence electrons. The van der Waals surface area contributed by atoms with Gasteiger partial charge in [0, 0.05) is 9.52 Å². The van der Waals surface area contributed by atoms with E-state index in [2.05, 4.69) is 32.2 Å². The summed E-state index contributed by atoms with van der Waals surface area (Å²) in [5.41, 5.74) is 10.2. The molecule has 1 aromatic rings. The first-order valence-electron chi connectivity index (χ1n) is 5.70. The number of aryl methyl sites for hydroxylation is 1. The van der Waals surface area contributed by atoms with E-state index in [-0.39, 0.29) is 50.7 Å². The average molecular weight is 493 g/mol. The molecule has 20 heavy (non-hydrogen) atoms. The molecule has 0 saturated heterocycles. The first kappa shape index (κ1) is 28.3. The van der Waals surface area contributed by atoms with Crippen molar-refractivity contribution in [2.75, 3.05) is 0 Å². The monoisotopic (exact) mass is 493 g/mol. The molecule has 5 heteroatoms. The SMILES string of the molecule is CC1=CC[C-]=C1.C[Si]C.Cc1cccc([NH-])c1.[Cl-].[Cl-].[Hf+4]. The fraction of sp³-hybridized carbons (Fsp3) is 0.333. The number of rotatable bonds is 0. The average Bonchev–Trinajstić information content (AvgIpc) is 2.71. The van der Waals surface area contributed by atoms with E-state index in [4.69, 9.17) is 5.73 Å². The van der Waals surface area contributed by atoms with Gasteiger partial charge in [0.25, 0.3) is 0 Å². The third-order valence-electron chi connectivity index (χ3n) is 1.89. The molecule has 1 nitrogen and oxygen atoms in total. The molecule has 0 saturated carbocycles. The van der Waals surface area contributed by atoms with E-state index in [9.17, 15) is 0 Å².